The molecule has 2 nitrogen and oxygen atoms in total. The van der Waals surface area contributed by atoms with Gasteiger partial charge in [0.2, 0.25) is 6.33 Å². The molecule has 0 fully saturated rings. The predicted octanol–water partition coefficient (Wildman–Crippen LogP) is 12.7. The Bertz CT molecular complexity index is 592. The summed E-state index contributed by atoms with van der Waals surface area (Å²) < 4.78 is 4.87. The third-order valence-electron chi connectivity index (χ3n) is 8.97. The van der Waals surface area contributed by atoms with Gasteiger partial charge in [0.15, 0.2) is 0 Å². The van der Waals surface area contributed by atoms with Crippen molar-refractivity contribution in [2.75, 3.05) is 0 Å². The van der Waals surface area contributed by atoms with E-state index in [1.807, 2.05) is 0 Å². The molecule has 0 aliphatic carbocycles. The molecule has 0 saturated heterocycles. The Balaban J connectivity index is 1.86. The summed E-state index contributed by atoms with van der Waals surface area (Å²) in [5, 5.41) is 0. The maximum Gasteiger partial charge on any atom is 0.243 e. The monoisotopic (exact) mass is 546 g/mol. The van der Waals surface area contributed by atoms with Crippen LogP contribution in [-0.4, -0.2) is 4.57 Å². The molecule has 0 saturated carbocycles. The highest BCUT2D eigenvalue weighted by atomic mass is 15.1. The molecule has 1 aromatic heterocycles. The molecule has 1 rings (SSSR count). The lowest BCUT2D eigenvalue weighted by Crippen LogP contribution is -2.35. The van der Waals surface area contributed by atoms with E-state index in [1.54, 1.807) is 0 Å². The van der Waals surface area contributed by atoms with Crippen molar-refractivity contribution >= 4 is 0 Å². The molecule has 0 aliphatic heterocycles. The Kier molecular flexibility index (Phi) is 26.7. The second-order valence-corrected chi connectivity index (χ2v) is 12.9. The zero-order chi connectivity index (χ0) is 28.1. The van der Waals surface area contributed by atoms with Crippen molar-refractivity contribution < 1.29 is 4.57 Å². The van der Waals surface area contributed by atoms with Crippen molar-refractivity contribution in [2.24, 2.45) is 0 Å². The molecule has 230 valence electrons. The van der Waals surface area contributed by atoms with Crippen molar-refractivity contribution in [1.29, 1.82) is 0 Å². The number of hydrogen-bond acceptors (Lipinski definition) is 0. The van der Waals surface area contributed by atoms with Crippen LogP contribution in [0.5, 0.6) is 0 Å². The summed E-state index contributed by atoms with van der Waals surface area (Å²) in [5.41, 5.74) is 0. The first-order valence-electron chi connectivity index (χ1n) is 18.3. The quantitative estimate of drug-likeness (QED) is 0.0648. The average Bonchev–Trinajstić information content (AvgIpc) is 3.42. The summed E-state index contributed by atoms with van der Waals surface area (Å²) in [4.78, 5) is 0. The molecule has 2 heteroatoms. The van der Waals surface area contributed by atoms with Crippen LogP contribution in [0.15, 0.2) is 18.7 Å². The fourth-order valence-corrected chi connectivity index (χ4v) is 6.08. The minimum atomic E-state index is 0.639. The van der Waals surface area contributed by atoms with Crippen molar-refractivity contribution in [3.63, 3.8) is 0 Å². The number of nitrogens with zero attached hydrogens (tertiary/aromatic N) is 2. The third-order valence-corrected chi connectivity index (χ3v) is 8.97. The number of unbranched alkanes of at least 4 members (excludes halogenated alkanes) is 26. The molecule has 1 aromatic rings. The topological polar surface area (TPSA) is 8.81 Å². The van der Waals surface area contributed by atoms with Crippen molar-refractivity contribution in [3.8, 4) is 0 Å². The highest BCUT2D eigenvalue weighted by Gasteiger charge is 2.11. The van der Waals surface area contributed by atoms with Crippen LogP contribution in [0.3, 0.4) is 0 Å². The van der Waals surface area contributed by atoms with E-state index in [9.17, 15) is 0 Å². The van der Waals surface area contributed by atoms with E-state index in [0.717, 1.165) is 0 Å². The first kappa shape index (κ1) is 36.2. The molecule has 0 N–H and O–H groups in total. The van der Waals surface area contributed by atoms with Crippen molar-refractivity contribution in [2.45, 2.75) is 220 Å². The fraction of sp³-hybridized carbons (Fsp3) is 0.919. The van der Waals surface area contributed by atoms with Gasteiger partial charge in [-0.1, -0.05) is 174 Å². The first-order valence-corrected chi connectivity index (χ1v) is 18.3. The van der Waals surface area contributed by atoms with E-state index in [-0.39, 0.29) is 0 Å². The van der Waals surface area contributed by atoms with Crippen LogP contribution in [0.25, 0.3) is 0 Å². The lowest BCUT2D eigenvalue weighted by molar-refractivity contribution is -0.720. The van der Waals surface area contributed by atoms with Gasteiger partial charge in [-0.05, 0) is 32.6 Å². The van der Waals surface area contributed by atoms with E-state index in [0.29, 0.717) is 6.04 Å². The molecule has 1 heterocycles. The van der Waals surface area contributed by atoms with Gasteiger partial charge in [-0.3, -0.25) is 0 Å². The van der Waals surface area contributed by atoms with E-state index >= 15 is 0 Å². The molecule has 0 bridgehead atoms. The lowest BCUT2D eigenvalue weighted by atomic mass is 10.0. The summed E-state index contributed by atoms with van der Waals surface area (Å²) in [6.07, 6.45) is 48.6. The Morgan fingerprint density at radius 3 is 1.18 bits per heavy atom. The number of hydrogen-bond donors (Lipinski definition) is 0. The van der Waals surface area contributed by atoms with Crippen molar-refractivity contribution in [1.82, 2.24) is 4.57 Å². The zero-order valence-corrected chi connectivity index (χ0v) is 27.4. The van der Waals surface area contributed by atoms with Crippen LogP contribution in [0, 0.1) is 0 Å². The summed E-state index contributed by atoms with van der Waals surface area (Å²) in [6, 6.07) is 0.639. The fourth-order valence-electron chi connectivity index (χ4n) is 6.08. The smallest absolute Gasteiger partial charge is 0.237 e. The van der Waals surface area contributed by atoms with Gasteiger partial charge in [0.1, 0.15) is 12.4 Å². The molecule has 1 atom stereocenters. The zero-order valence-electron chi connectivity index (χ0n) is 27.4. The highest BCUT2D eigenvalue weighted by Crippen LogP contribution is 2.16. The highest BCUT2D eigenvalue weighted by molar-refractivity contribution is 4.67. The van der Waals surface area contributed by atoms with Crippen LogP contribution < -0.4 is 4.57 Å². The van der Waals surface area contributed by atoms with Gasteiger partial charge < -0.3 is 0 Å². The number of aromatic nitrogens is 2. The van der Waals surface area contributed by atoms with Gasteiger partial charge in [-0.2, -0.15) is 0 Å². The molecule has 0 amide bonds. The second kappa shape index (κ2) is 28.7. The maximum atomic E-state index is 2.45. The van der Waals surface area contributed by atoms with E-state index in [4.69, 9.17) is 0 Å². The van der Waals surface area contributed by atoms with Gasteiger partial charge in [0, 0.05) is 0 Å². The van der Waals surface area contributed by atoms with Gasteiger partial charge >= 0.3 is 0 Å². The second-order valence-electron chi connectivity index (χ2n) is 12.9. The van der Waals surface area contributed by atoms with Crippen molar-refractivity contribution in [3.05, 3.63) is 18.7 Å². The molecule has 0 spiro atoms. The van der Waals surface area contributed by atoms with Gasteiger partial charge in [-0.15, -0.1) is 0 Å². The Morgan fingerprint density at radius 2 is 0.795 bits per heavy atom. The maximum absolute atomic E-state index is 2.45. The minimum absolute atomic E-state index is 0.639. The number of rotatable bonds is 31. The standard InChI is InChI=1S/C37H73N2/c1-4-6-8-10-12-14-16-17-18-19-20-21-23-25-27-29-31-33-38-34-35-39(36-38)37(3)32-30-28-26-24-22-15-13-11-9-7-5-2/h34-37H,4-33H2,1-3H3/q+1. The van der Waals surface area contributed by atoms with Crippen LogP contribution in [0.1, 0.15) is 213 Å². The molecular formula is C37H73N2+. The molecule has 1 unspecified atom stereocenters. The molecule has 0 radical (unpaired) electrons. The summed E-state index contributed by atoms with van der Waals surface area (Å²) in [5.74, 6) is 0. The number of imidazole rings is 1. The predicted molar refractivity (Wildman–Crippen MR) is 175 cm³/mol. The normalized spacial score (nSPS) is 12.4. The third kappa shape index (κ3) is 23.6. The van der Waals surface area contributed by atoms with Gasteiger partial charge in [0.05, 0.1) is 12.6 Å². The van der Waals surface area contributed by atoms with Crippen LogP contribution in [0.2, 0.25) is 0 Å². The SMILES string of the molecule is CCCCCCCCCCCCCCCCCCCn1cc[n+](C(C)CCCCCCCCCCCCC)c1. The van der Waals surface area contributed by atoms with Crippen LogP contribution in [-0.2, 0) is 6.54 Å². The number of aryl methyl sites for hydroxylation is 1. The summed E-state index contributed by atoms with van der Waals surface area (Å²) >= 11 is 0. The average molecular weight is 546 g/mol. The van der Waals surface area contributed by atoms with Crippen LogP contribution in [0.4, 0.5) is 0 Å². The van der Waals surface area contributed by atoms with E-state index in [2.05, 4.69) is 48.6 Å². The Labute approximate surface area is 247 Å². The molecule has 0 aliphatic rings. The summed E-state index contributed by atoms with van der Waals surface area (Å²) in [7, 11) is 0. The molecule has 39 heavy (non-hydrogen) atoms. The van der Waals surface area contributed by atoms with Gasteiger partial charge in [0.25, 0.3) is 0 Å². The molecule has 0 aromatic carbocycles. The molecular weight excluding hydrogens is 472 g/mol. The van der Waals surface area contributed by atoms with Crippen LogP contribution >= 0.6 is 0 Å². The van der Waals surface area contributed by atoms with E-state index in [1.165, 1.54) is 193 Å². The Morgan fingerprint density at radius 1 is 0.462 bits per heavy atom. The Hall–Kier alpha value is -0.790. The minimum Gasteiger partial charge on any atom is -0.237 e. The van der Waals surface area contributed by atoms with E-state index < -0.39 is 0 Å². The largest absolute Gasteiger partial charge is 0.243 e. The lowest BCUT2D eigenvalue weighted by Gasteiger charge is -2.08. The summed E-state index contributed by atoms with van der Waals surface area (Å²) in [6.45, 7) is 8.20. The first-order chi connectivity index (χ1) is 19.3. The van der Waals surface area contributed by atoms with Gasteiger partial charge in [-0.25, -0.2) is 9.13 Å².